The average molecular weight is 232 g/mol. The van der Waals surface area contributed by atoms with Crippen LogP contribution in [0, 0.1) is 0 Å². The summed E-state index contributed by atoms with van der Waals surface area (Å²) in [6.45, 7) is 2.33. The van der Waals surface area contributed by atoms with Crippen LogP contribution < -0.4 is 0 Å². The highest BCUT2D eigenvalue weighted by molar-refractivity contribution is 8.00. The predicted molar refractivity (Wildman–Crippen MR) is 57.0 cm³/mol. The second-order valence-corrected chi connectivity index (χ2v) is 5.48. The highest BCUT2D eigenvalue weighted by Gasteiger charge is 2.45. The number of aliphatic carboxylic acids is 1. The molecule has 2 aliphatic heterocycles. The minimum absolute atomic E-state index is 0.0347. The molecule has 86 valence electrons. The van der Waals surface area contributed by atoms with Crippen molar-refractivity contribution < 1.29 is 19.4 Å². The zero-order valence-corrected chi connectivity index (χ0v) is 9.59. The van der Waals surface area contributed by atoms with E-state index in [1.807, 2.05) is 18.7 Å². The summed E-state index contributed by atoms with van der Waals surface area (Å²) in [4.78, 5) is 10.5. The molecule has 0 bridgehead atoms. The molecular weight excluding hydrogens is 216 g/mol. The maximum Gasteiger partial charge on any atom is 0.306 e. The van der Waals surface area contributed by atoms with Crippen molar-refractivity contribution in [2.75, 3.05) is 12.4 Å². The van der Waals surface area contributed by atoms with Gasteiger partial charge in [-0.3, -0.25) is 4.79 Å². The second-order valence-electron chi connectivity index (χ2n) is 4.17. The molecule has 3 unspecified atom stereocenters. The summed E-state index contributed by atoms with van der Waals surface area (Å²) in [6.07, 6.45) is 2.04. The standard InChI is InChI=1S/C10H16O4S/c1-10(8-3-2-4-15-8)13-6-7(14-10)5-9(11)12/h7-8H,2-6H2,1H3,(H,11,12). The fraction of sp³-hybridized carbons (Fsp3) is 0.900. The van der Waals surface area contributed by atoms with E-state index >= 15 is 0 Å². The fourth-order valence-electron chi connectivity index (χ4n) is 2.11. The molecule has 0 aromatic rings. The van der Waals surface area contributed by atoms with Gasteiger partial charge in [0.25, 0.3) is 0 Å². The average Bonchev–Trinajstić information content (AvgIpc) is 2.74. The van der Waals surface area contributed by atoms with Gasteiger partial charge in [-0.15, -0.1) is 0 Å². The molecule has 0 aromatic carbocycles. The fourth-order valence-corrected chi connectivity index (χ4v) is 3.49. The van der Waals surface area contributed by atoms with Crippen LogP contribution in [0.3, 0.4) is 0 Å². The van der Waals surface area contributed by atoms with E-state index in [1.165, 1.54) is 6.42 Å². The predicted octanol–water partition coefficient (Wildman–Crippen LogP) is 1.49. The number of carboxylic acids is 1. The highest BCUT2D eigenvalue weighted by atomic mass is 32.2. The Labute approximate surface area is 93.3 Å². The molecule has 1 N–H and O–H groups in total. The van der Waals surface area contributed by atoms with Crippen LogP contribution in [-0.4, -0.2) is 40.6 Å². The van der Waals surface area contributed by atoms with Gasteiger partial charge in [-0.1, -0.05) is 0 Å². The summed E-state index contributed by atoms with van der Waals surface area (Å²) in [5.74, 6) is -0.246. The van der Waals surface area contributed by atoms with Crippen LogP contribution in [-0.2, 0) is 14.3 Å². The SMILES string of the molecule is CC1(C2CCCS2)OCC(CC(=O)O)O1. The van der Waals surface area contributed by atoms with Crippen LogP contribution in [0.25, 0.3) is 0 Å². The molecule has 15 heavy (non-hydrogen) atoms. The third-order valence-corrected chi connectivity index (χ3v) is 4.46. The first-order valence-corrected chi connectivity index (χ1v) is 6.30. The van der Waals surface area contributed by atoms with Gasteiger partial charge in [-0.05, 0) is 25.5 Å². The first-order valence-electron chi connectivity index (χ1n) is 5.25. The molecule has 0 aliphatic carbocycles. The number of carbonyl (C=O) groups is 1. The maximum atomic E-state index is 10.5. The maximum absolute atomic E-state index is 10.5. The highest BCUT2D eigenvalue weighted by Crippen LogP contribution is 2.40. The van der Waals surface area contributed by atoms with Crippen LogP contribution in [0.1, 0.15) is 26.2 Å². The van der Waals surface area contributed by atoms with Gasteiger partial charge in [-0.25, -0.2) is 0 Å². The van der Waals surface area contributed by atoms with Crippen molar-refractivity contribution in [3.05, 3.63) is 0 Å². The molecular formula is C10H16O4S. The van der Waals surface area contributed by atoms with Crippen LogP contribution in [0.4, 0.5) is 0 Å². The van der Waals surface area contributed by atoms with Gasteiger partial charge in [-0.2, -0.15) is 11.8 Å². The van der Waals surface area contributed by atoms with E-state index in [4.69, 9.17) is 14.6 Å². The quantitative estimate of drug-likeness (QED) is 0.799. The molecule has 2 aliphatic rings. The van der Waals surface area contributed by atoms with Gasteiger partial charge in [0, 0.05) is 0 Å². The molecule has 0 spiro atoms. The first-order chi connectivity index (χ1) is 7.10. The Bertz CT molecular complexity index is 252. The van der Waals surface area contributed by atoms with E-state index in [2.05, 4.69) is 0 Å². The molecule has 2 rings (SSSR count). The molecule has 2 saturated heterocycles. The van der Waals surface area contributed by atoms with Gasteiger partial charge < -0.3 is 14.6 Å². The van der Waals surface area contributed by atoms with Crippen molar-refractivity contribution in [1.82, 2.24) is 0 Å². The number of rotatable bonds is 3. The van der Waals surface area contributed by atoms with Gasteiger partial charge >= 0.3 is 5.97 Å². The topological polar surface area (TPSA) is 55.8 Å². The van der Waals surface area contributed by atoms with E-state index in [9.17, 15) is 4.79 Å². The zero-order valence-electron chi connectivity index (χ0n) is 8.77. The second kappa shape index (κ2) is 4.31. The number of hydrogen-bond acceptors (Lipinski definition) is 4. The smallest absolute Gasteiger partial charge is 0.306 e. The Hall–Kier alpha value is -0.260. The number of ether oxygens (including phenoxy) is 2. The first kappa shape index (κ1) is 11.2. The minimum Gasteiger partial charge on any atom is -0.481 e. The van der Waals surface area contributed by atoms with Crippen LogP contribution >= 0.6 is 11.8 Å². The van der Waals surface area contributed by atoms with Crippen LogP contribution in [0.5, 0.6) is 0 Å². The van der Waals surface area contributed by atoms with Crippen molar-refractivity contribution >= 4 is 17.7 Å². The Morgan fingerprint density at radius 3 is 3.07 bits per heavy atom. The molecule has 2 heterocycles. The monoisotopic (exact) mass is 232 g/mol. The van der Waals surface area contributed by atoms with Gasteiger partial charge in [0.05, 0.1) is 24.4 Å². The largest absolute Gasteiger partial charge is 0.481 e. The lowest BCUT2D eigenvalue weighted by molar-refractivity contribution is -0.159. The molecule has 5 heteroatoms. The number of hydrogen-bond donors (Lipinski definition) is 1. The molecule has 3 atom stereocenters. The lowest BCUT2D eigenvalue weighted by Gasteiger charge is -2.29. The summed E-state index contributed by atoms with van der Waals surface area (Å²) in [5.41, 5.74) is 0. The lowest BCUT2D eigenvalue weighted by Crippen LogP contribution is -2.37. The Morgan fingerprint density at radius 2 is 2.47 bits per heavy atom. The van der Waals surface area contributed by atoms with Crippen molar-refractivity contribution in [3.8, 4) is 0 Å². The molecule has 4 nitrogen and oxygen atoms in total. The number of carboxylic acid groups (broad SMARTS) is 1. The molecule has 0 saturated carbocycles. The molecule has 2 fully saturated rings. The molecule has 0 amide bonds. The molecule has 0 radical (unpaired) electrons. The summed E-state index contributed by atoms with van der Waals surface area (Å²) in [6, 6.07) is 0. The third-order valence-electron chi connectivity index (χ3n) is 2.87. The normalized spacial score (nSPS) is 40.9. The van der Waals surface area contributed by atoms with E-state index in [0.29, 0.717) is 11.9 Å². The lowest BCUT2D eigenvalue weighted by atomic mass is 10.1. The van der Waals surface area contributed by atoms with E-state index in [1.54, 1.807) is 0 Å². The third kappa shape index (κ3) is 2.46. The van der Waals surface area contributed by atoms with Crippen LogP contribution in [0.15, 0.2) is 0 Å². The Morgan fingerprint density at radius 1 is 1.67 bits per heavy atom. The van der Waals surface area contributed by atoms with E-state index in [-0.39, 0.29) is 12.5 Å². The summed E-state index contributed by atoms with van der Waals surface area (Å²) < 4.78 is 11.4. The van der Waals surface area contributed by atoms with Gasteiger partial charge in [0.1, 0.15) is 0 Å². The number of thioether (sulfide) groups is 1. The zero-order chi connectivity index (χ0) is 10.9. The van der Waals surface area contributed by atoms with E-state index in [0.717, 1.165) is 12.2 Å². The van der Waals surface area contributed by atoms with Gasteiger partial charge in [0.15, 0.2) is 5.79 Å². The summed E-state index contributed by atoms with van der Waals surface area (Å²) in [7, 11) is 0. The Balaban J connectivity index is 1.91. The van der Waals surface area contributed by atoms with Gasteiger partial charge in [0.2, 0.25) is 0 Å². The van der Waals surface area contributed by atoms with Crippen molar-refractivity contribution in [2.45, 2.75) is 43.3 Å². The molecule has 0 aromatic heterocycles. The van der Waals surface area contributed by atoms with E-state index < -0.39 is 11.8 Å². The minimum atomic E-state index is -0.827. The van der Waals surface area contributed by atoms with Crippen molar-refractivity contribution in [2.24, 2.45) is 0 Å². The summed E-state index contributed by atoms with van der Waals surface area (Å²) in [5, 5.41) is 9.03. The van der Waals surface area contributed by atoms with Crippen molar-refractivity contribution in [3.63, 3.8) is 0 Å². The van der Waals surface area contributed by atoms with Crippen molar-refractivity contribution in [1.29, 1.82) is 0 Å². The Kier molecular flexibility index (Phi) is 3.23. The summed E-state index contributed by atoms with van der Waals surface area (Å²) >= 11 is 1.86. The van der Waals surface area contributed by atoms with Crippen LogP contribution in [0.2, 0.25) is 0 Å².